The molecule has 0 radical (unpaired) electrons. The third-order valence-corrected chi connectivity index (χ3v) is 3.55. The first-order valence-electron chi connectivity index (χ1n) is 6.62. The second-order valence-corrected chi connectivity index (χ2v) is 4.80. The average molecular weight is 251 g/mol. The number of hydrogen-bond donors (Lipinski definition) is 1. The summed E-state index contributed by atoms with van der Waals surface area (Å²) in [5, 5.41) is 3.34. The molecule has 18 heavy (non-hydrogen) atoms. The Labute approximate surface area is 108 Å². The Hall–Kier alpha value is -1.36. The SMILES string of the molecule is CCN(CC1CCNCC1)C(=O)c1ocnc1C. The van der Waals surface area contributed by atoms with Crippen molar-refractivity contribution in [3.05, 3.63) is 17.8 Å². The second-order valence-electron chi connectivity index (χ2n) is 4.80. The summed E-state index contributed by atoms with van der Waals surface area (Å²) in [6, 6.07) is 0. The molecule has 0 aliphatic carbocycles. The van der Waals surface area contributed by atoms with Gasteiger partial charge in [0.15, 0.2) is 6.39 Å². The lowest BCUT2D eigenvalue weighted by Gasteiger charge is -2.28. The van der Waals surface area contributed by atoms with Gasteiger partial charge in [0.2, 0.25) is 5.76 Å². The third-order valence-electron chi connectivity index (χ3n) is 3.55. The highest BCUT2D eigenvalue weighted by atomic mass is 16.3. The first-order chi connectivity index (χ1) is 8.72. The molecule has 2 rings (SSSR count). The molecule has 1 fully saturated rings. The van der Waals surface area contributed by atoms with E-state index in [9.17, 15) is 4.79 Å². The highest BCUT2D eigenvalue weighted by Crippen LogP contribution is 2.16. The van der Waals surface area contributed by atoms with Crippen LogP contribution in [0.25, 0.3) is 0 Å². The third kappa shape index (κ3) is 2.90. The van der Waals surface area contributed by atoms with E-state index in [0.717, 1.165) is 32.5 Å². The standard InChI is InChI=1S/C13H21N3O2/c1-3-16(8-11-4-6-14-7-5-11)13(17)12-10(2)15-9-18-12/h9,11,14H,3-8H2,1-2H3. The average Bonchev–Trinajstić information content (AvgIpc) is 2.82. The molecule has 0 bridgehead atoms. The van der Waals surface area contributed by atoms with Crippen LogP contribution in [0.15, 0.2) is 10.8 Å². The molecular formula is C13H21N3O2. The van der Waals surface area contributed by atoms with E-state index in [1.807, 2.05) is 11.8 Å². The molecule has 1 N–H and O–H groups in total. The number of piperidine rings is 1. The van der Waals surface area contributed by atoms with Crippen molar-refractivity contribution in [1.29, 1.82) is 0 Å². The van der Waals surface area contributed by atoms with Crippen molar-refractivity contribution < 1.29 is 9.21 Å². The number of amides is 1. The zero-order chi connectivity index (χ0) is 13.0. The van der Waals surface area contributed by atoms with Crippen LogP contribution in [0.4, 0.5) is 0 Å². The lowest BCUT2D eigenvalue weighted by atomic mass is 9.97. The van der Waals surface area contributed by atoms with Crippen LogP contribution < -0.4 is 5.32 Å². The summed E-state index contributed by atoms with van der Waals surface area (Å²) in [5.74, 6) is 0.940. The number of oxazole rings is 1. The molecular weight excluding hydrogens is 230 g/mol. The van der Waals surface area contributed by atoms with Gasteiger partial charge in [-0.15, -0.1) is 0 Å². The maximum atomic E-state index is 12.3. The zero-order valence-corrected chi connectivity index (χ0v) is 11.1. The number of aryl methyl sites for hydroxylation is 1. The molecule has 1 aliphatic rings. The van der Waals surface area contributed by atoms with Crippen molar-refractivity contribution in [2.75, 3.05) is 26.2 Å². The van der Waals surface area contributed by atoms with Gasteiger partial charge in [-0.25, -0.2) is 4.98 Å². The summed E-state index contributed by atoms with van der Waals surface area (Å²) in [7, 11) is 0. The molecule has 5 heteroatoms. The molecule has 0 aromatic carbocycles. The van der Waals surface area contributed by atoms with Gasteiger partial charge < -0.3 is 14.6 Å². The summed E-state index contributed by atoms with van der Waals surface area (Å²) in [6.45, 7) is 7.44. The molecule has 0 atom stereocenters. The fourth-order valence-corrected chi connectivity index (χ4v) is 2.38. The molecule has 0 spiro atoms. The first kappa shape index (κ1) is 13.1. The van der Waals surface area contributed by atoms with E-state index < -0.39 is 0 Å². The quantitative estimate of drug-likeness (QED) is 0.880. The molecule has 2 heterocycles. The molecule has 1 amide bonds. The molecule has 0 saturated carbocycles. The number of nitrogens with one attached hydrogen (secondary N) is 1. The van der Waals surface area contributed by atoms with Gasteiger partial charge in [-0.05, 0) is 45.7 Å². The minimum Gasteiger partial charge on any atom is -0.438 e. The van der Waals surface area contributed by atoms with Gasteiger partial charge in [0.05, 0.1) is 5.69 Å². The fraction of sp³-hybridized carbons (Fsp3) is 0.692. The molecule has 1 aromatic rings. The van der Waals surface area contributed by atoms with Crippen LogP contribution in [0.2, 0.25) is 0 Å². The van der Waals surface area contributed by atoms with E-state index in [1.54, 1.807) is 6.92 Å². The van der Waals surface area contributed by atoms with Gasteiger partial charge >= 0.3 is 0 Å². The second kappa shape index (κ2) is 6.00. The monoisotopic (exact) mass is 251 g/mol. The summed E-state index contributed by atoms with van der Waals surface area (Å²) in [6.07, 6.45) is 3.61. The Morgan fingerprint density at radius 2 is 2.28 bits per heavy atom. The zero-order valence-electron chi connectivity index (χ0n) is 11.1. The number of carbonyl (C=O) groups is 1. The predicted molar refractivity (Wildman–Crippen MR) is 68.4 cm³/mol. The van der Waals surface area contributed by atoms with Crippen molar-refractivity contribution in [1.82, 2.24) is 15.2 Å². The molecule has 5 nitrogen and oxygen atoms in total. The van der Waals surface area contributed by atoms with E-state index in [-0.39, 0.29) is 5.91 Å². The van der Waals surface area contributed by atoms with Crippen LogP contribution in [0.3, 0.4) is 0 Å². The van der Waals surface area contributed by atoms with E-state index >= 15 is 0 Å². The minimum atomic E-state index is -0.0361. The fourth-order valence-electron chi connectivity index (χ4n) is 2.38. The highest BCUT2D eigenvalue weighted by Gasteiger charge is 2.23. The number of carbonyl (C=O) groups excluding carboxylic acids is 1. The summed E-state index contributed by atoms with van der Waals surface area (Å²) in [5.41, 5.74) is 0.670. The molecule has 1 aromatic heterocycles. The number of hydrogen-bond acceptors (Lipinski definition) is 4. The van der Waals surface area contributed by atoms with Crippen LogP contribution in [0.1, 0.15) is 36.0 Å². The Bertz CT molecular complexity index is 397. The smallest absolute Gasteiger partial charge is 0.291 e. The van der Waals surface area contributed by atoms with E-state index in [0.29, 0.717) is 23.9 Å². The van der Waals surface area contributed by atoms with Gasteiger partial charge in [-0.1, -0.05) is 0 Å². The molecule has 0 unspecified atom stereocenters. The van der Waals surface area contributed by atoms with E-state index in [2.05, 4.69) is 10.3 Å². The predicted octanol–water partition coefficient (Wildman–Crippen LogP) is 1.44. The van der Waals surface area contributed by atoms with Crippen LogP contribution in [-0.4, -0.2) is 42.0 Å². The maximum Gasteiger partial charge on any atom is 0.291 e. The van der Waals surface area contributed by atoms with Gasteiger partial charge in [0, 0.05) is 13.1 Å². The van der Waals surface area contributed by atoms with Gasteiger partial charge in [-0.3, -0.25) is 4.79 Å². The Morgan fingerprint density at radius 1 is 1.56 bits per heavy atom. The lowest BCUT2D eigenvalue weighted by Crippen LogP contribution is -2.39. The first-order valence-corrected chi connectivity index (χ1v) is 6.62. The molecule has 1 saturated heterocycles. The van der Waals surface area contributed by atoms with Crippen LogP contribution in [0, 0.1) is 12.8 Å². The van der Waals surface area contributed by atoms with Gasteiger partial charge in [0.1, 0.15) is 0 Å². The van der Waals surface area contributed by atoms with Crippen molar-refractivity contribution in [3.8, 4) is 0 Å². The van der Waals surface area contributed by atoms with Crippen LogP contribution in [-0.2, 0) is 0 Å². The van der Waals surface area contributed by atoms with Crippen molar-refractivity contribution in [3.63, 3.8) is 0 Å². The van der Waals surface area contributed by atoms with Crippen molar-refractivity contribution >= 4 is 5.91 Å². The summed E-state index contributed by atoms with van der Waals surface area (Å²) < 4.78 is 5.18. The Morgan fingerprint density at radius 3 is 2.83 bits per heavy atom. The number of rotatable bonds is 4. The van der Waals surface area contributed by atoms with Crippen molar-refractivity contribution in [2.45, 2.75) is 26.7 Å². The Balaban J connectivity index is 1.99. The van der Waals surface area contributed by atoms with Crippen LogP contribution in [0.5, 0.6) is 0 Å². The highest BCUT2D eigenvalue weighted by molar-refractivity contribution is 5.92. The topological polar surface area (TPSA) is 58.4 Å². The normalized spacial score (nSPS) is 16.8. The van der Waals surface area contributed by atoms with E-state index in [4.69, 9.17) is 4.42 Å². The summed E-state index contributed by atoms with van der Waals surface area (Å²) >= 11 is 0. The number of aromatic nitrogens is 1. The largest absolute Gasteiger partial charge is 0.438 e. The molecule has 100 valence electrons. The van der Waals surface area contributed by atoms with Gasteiger partial charge in [-0.2, -0.15) is 0 Å². The molecule has 1 aliphatic heterocycles. The van der Waals surface area contributed by atoms with Crippen LogP contribution >= 0.6 is 0 Å². The van der Waals surface area contributed by atoms with Gasteiger partial charge in [0.25, 0.3) is 5.91 Å². The number of nitrogens with zero attached hydrogens (tertiary/aromatic N) is 2. The summed E-state index contributed by atoms with van der Waals surface area (Å²) in [4.78, 5) is 18.1. The van der Waals surface area contributed by atoms with Crippen molar-refractivity contribution in [2.24, 2.45) is 5.92 Å². The Kier molecular flexibility index (Phi) is 4.36. The maximum absolute atomic E-state index is 12.3. The van der Waals surface area contributed by atoms with E-state index in [1.165, 1.54) is 6.39 Å². The minimum absolute atomic E-state index is 0.0361. The lowest BCUT2D eigenvalue weighted by molar-refractivity contribution is 0.0694.